The normalized spacial score (nSPS) is 10.2. The Kier molecular flexibility index (Phi) is 3.44. The van der Waals surface area contributed by atoms with Gasteiger partial charge in [0.1, 0.15) is 0 Å². The number of nitrogens with two attached hydrogens (primary N) is 1. The van der Waals surface area contributed by atoms with E-state index in [1.165, 1.54) is 16.2 Å². The molecule has 0 aliphatic rings. The van der Waals surface area contributed by atoms with Crippen LogP contribution in [0.3, 0.4) is 0 Å². The first-order valence-electron chi connectivity index (χ1n) is 5.44. The first-order valence-corrected chi connectivity index (χ1v) is 6.26. The lowest BCUT2D eigenvalue weighted by Crippen LogP contribution is -2.10. The molecule has 3 N–H and O–H groups in total. The van der Waals surface area contributed by atoms with E-state index in [9.17, 15) is 4.79 Å². The highest BCUT2D eigenvalue weighted by molar-refractivity contribution is 7.14. The Morgan fingerprint density at radius 3 is 2.82 bits per heavy atom. The molecule has 0 fully saturated rings. The quantitative estimate of drug-likeness (QED) is 0.817. The monoisotopic (exact) mass is 246 g/mol. The summed E-state index contributed by atoms with van der Waals surface area (Å²) >= 11 is 1.52. The Hall–Kier alpha value is -1.81. The highest BCUT2D eigenvalue weighted by Crippen LogP contribution is 2.19. The predicted octanol–water partition coefficient (Wildman–Crippen LogP) is 3.15. The summed E-state index contributed by atoms with van der Waals surface area (Å²) in [5.74, 6) is -0.0831. The predicted molar refractivity (Wildman–Crippen MR) is 72.5 cm³/mol. The van der Waals surface area contributed by atoms with E-state index in [-0.39, 0.29) is 5.91 Å². The zero-order valence-corrected chi connectivity index (χ0v) is 10.4. The molecule has 2 aromatic rings. The van der Waals surface area contributed by atoms with Gasteiger partial charge in [0.15, 0.2) is 0 Å². The number of carbonyl (C=O) groups excluding carboxylic acids is 1. The Labute approximate surface area is 104 Å². The molecule has 1 heterocycles. The fourth-order valence-electron chi connectivity index (χ4n) is 1.50. The molecule has 1 amide bonds. The molecule has 4 heteroatoms. The Morgan fingerprint density at radius 2 is 2.18 bits per heavy atom. The highest BCUT2D eigenvalue weighted by atomic mass is 32.1. The maximum Gasteiger partial charge on any atom is 0.265 e. The fraction of sp³-hybridized carbons (Fsp3) is 0.154. The molecule has 17 heavy (non-hydrogen) atoms. The van der Waals surface area contributed by atoms with Crippen molar-refractivity contribution < 1.29 is 4.79 Å². The molecule has 1 aromatic carbocycles. The SMILES string of the molecule is CCc1ccc(C(=O)Nc2cccc(N)c2)s1. The Morgan fingerprint density at radius 1 is 1.35 bits per heavy atom. The smallest absolute Gasteiger partial charge is 0.265 e. The number of nitrogen functional groups attached to an aromatic ring is 1. The molecule has 2 rings (SSSR count). The van der Waals surface area contributed by atoms with E-state index in [0.717, 1.165) is 17.0 Å². The number of aryl methyl sites for hydroxylation is 1. The summed E-state index contributed by atoms with van der Waals surface area (Å²) in [5.41, 5.74) is 7.02. The van der Waals surface area contributed by atoms with Crippen LogP contribution in [-0.2, 0) is 6.42 Å². The minimum absolute atomic E-state index is 0.0831. The van der Waals surface area contributed by atoms with E-state index in [4.69, 9.17) is 5.73 Å². The van der Waals surface area contributed by atoms with Gasteiger partial charge in [0.2, 0.25) is 0 Å². The largest absolute Gasteiger partial charge is 0.399 e. The van der Waals surface area contributed by atoms with E-state index in [1.807, 2.05) is 24.3 Å². The van der Waals surface area contributed by atoms with Crippen LogP contribution >= 0.6 is 11.3 Å². The number of hydrogen-bond acceptors (Lipinski definition) is 3. The van der Waals surface area contributed by atoms with Crippen molar-refractivity contribution in [3.05, 3.63) is 46.2 Å². The first-order chi connectivity index (χ1) is 8.19. The number of amides is 1. The van der Waals surface area contributed by atoms with Crippen LogP contribution in [0.15, 0.2) is 36.4 Å². The van der Waals surface area contributed by atoms with E-state index in [0.29, 0.717) is 5.69 Å². The van der Waals surface area contributed by atoms with Crippen molar-refractivity contribution in [3.63, 3.8) is 0 Å². The number of benzene rings is 1. The minimum atomic E-state index is -0.0831. The molecule has 88 valence electrons. The van der Waals surface area contributed by atoms with Crippen molar-refractivity contribution in [2.45, 2.75) is 13.3 Å². The van der Waals surface area contributed by atoms with Gasteiger partial charge >= 0.3 is 0 Å². The number of anilines is 2. The molecule has 0 atom stereocenters. The van der Waals surface area contributed by atoms with Gasteiger partial charge in [-0.3, -0.25) is 4.79 Å². The standard InChI is InChI=1S/C13H14N2OS/c1-2-11-6-7-12(17-11)13(16)15-10-5-3-4-9(14)8-10/h3-8H,2,14H2,1H3,(H,15,16). The van der Waals surface area contributed by atoms with Crippen molar-refractivity contribution in [1.29, 1.82) is 0 Å². The fourth-order valence-corrected chi connectivity index (χ4v) is 2.34. The van der Waals surface area contributed by atoms with Crippen LogP contribution in [0.5, 0.6) is 0 Å². The zero-order valence-electron chi connectivity index (χ0n) is 9.57. The molecule has 3 nitrogen and oxygen atoms in total. The van der Waals surface area contributed by atoms with Gasteiger partial charge in [-0.25, -0.2) is 0 Å². The van der Waals surface area contributed by atoms with E-state index in [1.54, 1.807) is 12.1 Å². The molecule has 0 aliphatic heterocycles. The van der Waals surface area contributed by atoms with Gasteiger partial charge in [-0.05, 0) is 36.8 Å². The average Bonchev–Trinajstić information content (AvgIpc) is 2.77. The maximum atomic E-state index is 11.9. The summed E-state index contributed by atoms with van der Waals surface area (Å²) in [7, 11) is 0. The second kappa shape index (κ2) is 5.01. The maximum absolute atomic E-state index is 11.9. The number of nitrogens with one attached hydrogen (secondary N) is 1. The van der Waals surface area contributed by atoms with Gasteiger partial charge in [-0.15, -0.1) is 11.3 Å². The topological polar surface area (TPSA) is 55.1 Å². The van der Waals surface area contributed by atoms with Gasteiger partial charge < -0.3 is 11.1 Å². The van der Waals surface area contributed by atoms with Gasteiger partial charge in [0.25, 0.3) is 5.91 Å². The second-order valence-electron chi connectivity index (χ2n) is 3.70. The summed E-state index contributed by atoms with van der Waals surface area (Å²) < 4.78 is 0. The second-order valence-corrected chi connectivity index (χ2v) is 4.87. The molecule has 0 unspecified atom stereocenters. The van der Waals surface area contributed by atoms with Crippen LogP contribution in [-0.4, -0.2) is 5.91 Å². The lowest BCUT2D eigenvalue weighted by molar-refractivity contribution is 0.103. The van der Waals surface area contributed by atoms with Crippen LogP contribution in [0.4, 0.5) is 11.4 Å². The zero-order chi connectivity index (χ0) is 12.3. The molecule has 0 saturated heterocycles. The van der Waals surface area contributed by atoms with Gasteiger partial charge in [-0.1, -0.05) is 13.0 Å². The van der Waals surface area contributed by atoms with Crippen molar-refractivity contribution in [1.82, 2.24) is 0 Å². The number of rotatable bonds is 3. The molecular formula is C13H14N2OS. The van der Waals surface area contributed by atoms with Crippen LogP contribution in [0.2, 0.25) is 0 Å². The number of carbonyl (C=O) groups is 1. The molecule has 1 aromatic heterocycles. The summed E-state index contributed by atoms with van der Waals surface area (Å²) in [6.45, 7) is 2.07. The third-order valence-electron chi connectivity index (χ3n) is 2.38. The van der Waals surface area contributed by atoms with E-state index in [2.05, 4.69) is 12.2 Å². The van der Waals surface area contributed by atoms with Gasteiger partial charge in [0, 0.05) is 16.3 Å². The van der Waals surface area contributed by atoms with Crippen LogP contribution in [0.1, 0.15) is 21.5 Å². The van der Waals surface area contributed by atoms with E-state index >= 15 is 0 Å². The molecule has 0 radical (unpaired) electrons. The average molecular weight is 246 g/mol. The lowest BCUT2D eigenvalue weighted by atomic mass is 10.3. The summed E-state index contributed by atoms with van der Waals surface area (Å²) in [4.78, 5) is 13.9. The van der Waals surface area contributed by atoms with Gasteiger partial charge in [-0.2, -0.15) is 0 Å². The lowest BCUT2D eigenvalue weighted by Gasteiger charge is -2.03. The molecule has 0 saturated carbocycles. The van der Waals surface area contributed by atoms with Crippen molar-refractivity contribution in [3.8, 4) is 0 Å². The van der Waals surface area contributed by atoms with Crippen molar-refractivity contribution in [2.24, 2.45) is 0 Å². The van der Waals surface area contributed by atoms with Crippen LogP contribution < -0.4 is 11.1 Å². The Bertz CT molecular complexity index is 534. The first kappa shape index (κ1) is 11.7. The van der Waals surface area contributed by atoms with Crippen LogP contribution in [0.25, 0.3) is 0 Å². The number of thiophene rings is 1. The van der Waals surface area contributed by atoms with Crippen molar-refractivity contribution in [2.75, 3.05) is 11.1 Å². The third kappa shape index (κ3) is 2.85. The highest BCUT2D eigenvalue weighted by Gasteiger charge is 2.08. The summed E-state index contributed by atoms with van der Waals surface area (Å²) in [6, 6.07) is 11.0. The molecule has 0 spiro atoms. The molecule has 0 aliphatic carbocycles. The summed E-state index contributed by atoms with van der Waals surface area (Å²) in [6.07, 6.45) is 0.955. The van der Waals surface area contributed by atoms with Crippen molar-refractivity contribution >= 4 is 28.6 Å². The minimum Gasteiger partial charge on any atom is -0.399 e. The van der Waals surface area contributed by atoms with Gasteiger partial charge in [0.05, 0.1) is 4.88 Å². The molecular weight excluding hydrogens is 232 g/mol. The number of hydrogen-bond donors (Lipinski definition) is 2. The van der Waals surface area contributed by atoms with Crippen LogP contribution in [0, 0.1) is 0 Å². The third-order valence-corrected chi connectivity index (χ3v) is 3.61. The Balaban J connectivity index is 2.11. The van der Waals surface area contributed by atoms with E-state index < -0.39 is 0 Å². The molecule has 0 bridgehead atoms. The summed E-state index contributed by atoms with van der Waals surface area (Å²) in [5, 5.41) is 2.83.